The summed E-state index contributed by atoms with van der Waals surface area (Å²) in [5, 5.41) is 0. The molecule has 0 atom stereocenters. The van der Waals surface area contributed by atoms with Gasteiger partial charge in [-0.2, -0.15) is 0 Å². The first kappa shape index (κ1) is 21.3. The van der Waals surface area contributed by atoms with Gasteiger partial charge in [-0.15, -0.1) is 0 Å². The molecule has 5 nitrogen and oxygen atoms in total. The third-order valence-electron chi connectivity index (χ3n) is 4.51. The normalized spacial score (nSPS) is 12.1. The van der Waals surface area contributed by atoms with Crippen LogP contribution in [0, 0.1) is 13.8 Å². The first-order valence-corrected chi connectivity index (χ1v) is 10.3. The molecular weight excluding hydrogens is 362 g/mol. The summed E-state index contributed by atoms with van der Waals surface area (Å²) in [6.45, 7) is 10.2. The van der Waals surface area contributed by atoms with Gasteiger partial charge in [0.1, 0.15) is 0 Å². The molecule has 2 rings (SSSR count). The van der Waals surface area contributed by atoms with Gasteiger partial charge in [0.05, 0.1) is 19.1 Å². The van der Waals surface area contributed by atoms with Crippen molar-refractivity contribution in [1.82, 2.24) is 4.72 Å². The molecular formula is C21H29NO4S. The standard InChI is InChI=1S/C21H29NO4S/c1-14-10-17(21(3,4)5)11-15(2)20(14)27(23,24)22-13-16-8-9-18(25-6)19(12-16)26-7/h8-12,22H,13H2,1-7H3. The molecule has 0 aromatic heterocycles. The monoisotopic (exact) mass is 391 g/mol. The van der Waals surface area contributed by atoms with Crippen LogP contribution in [-0.2, 0) is 22.0 Å². The quantitative estimate of drug-likeness (QED) is 0.805. The van der Waals surface area contributed by atoms with E-state index in [0.717, 1.165) is 22.3 Å². The molecule has 27 heavy (non-hydrogen) atoms. The van der Waals surface area contributed by atoms with Gasteiger partial charge in [0.2, 0.25) is 10.0 Å². The van der Waals surface area contributed by atoms with E-state index in [9.17, 15) is 8.42 Å². The van der Waals surface area contributed by atoms with Gasteiger partial charge in [-0.1, -0.05) is 39.0 Å². The van der Waals surface area contributed by atoms with Gasteiger partial charge < -0.3 is 9.47 Å². The Labute approximate surface area is 162 Å². The van der Waals surface area contributed by atoms with Crippen LogP contribution in [0.4, 0.5) is 0 Å². The number of ether oxygens (including phenoxy) is 2. The summed E-state index contributed by atoms with van der Waals surface area (Å²) in [6, 6.07) is 9.25. The average Bonchev–Trinajstić information content (AvgIpc) is 2.58. The fourth-order valence-electron chi connectivity index (χ4n) is 3.05. The van der Waals surface area contributed by atoms with Crippen molar-refractivity contribution in [3.8, 4) is 11.5 Å². The number of aryl methyl sites for hydroxylation is 2. The Hall–Kier alpha value is -2.05. The first-order chi connectivity index (χ1) is 12.5. The highest BCUT2D eigenvalue weighted by molar-refractivity contribution is 7.89. The minimum absolute atomic E-state index is 0.0368. The molecule has 1 N–H and O–H groups in total. The van der Waals surface area contributed by atoms with Crippen LogP contribution < -0.4 is 14.2 Å². The average molecular weight is 392 g/mol. The lowest BCUT2D eigenvalue weighted by Crippen LogP contribution is -2.25. The van der Waals surface area contributed by atoms with Crippen molar-refractivity contribution in [2.24, 2.45) is 0 Å². The van der Waals surface area contributed by atoms with E-state index >= 15 is 0 Å². The molecule has 148 valence electrons. The van der Waals surface area contributed by atoms with Crippen molar-refractivity contribution in [3.05, 3.63) is 52.6 Å². The fourth-order valence-corrected chi connectivity index (χ4v) is 4.51. The largest absolute Gasteiger partial charge is 0.493 e. The van der Waals surface area contributed by atoms with Gasteiger partial charge in [0.15, 0.2) is 11.5 Å². The molecule has 0 radical (unpaired) electrons. The molecule has 0 aliphatic heterocycles. The van der Waals surface area contributed by atoms with E-state index in [-0.39, 0.29) is 12.0 Å². The fraction of sp³-hybridized carbons (Fsp3) is 0.429. The number of hydrogen-bond donors (Lipinski definition) is 1. The summed E-state index contributed by atoms with van der Waals surface area (Å²) in [6.07, 6.45) is 0. The molecule has 2 aromatic carbocycles. The van der Waals surface area contributed by atoms with Crippen LogP contribution in [0.2, 0.25) is 0 Å². The summed E-state index contributed by atoms with van der Waals surface area (Å²) in [5.41, 5.74) is 3.37. The molecule has 0 heterocycles. The van der Waals surface area contributed by atoms with Crippen molar-refractivity contribution in [2.45, 2.75) is 51.5 Å². The van der Waals surface area contributed by atoms with Crippen molar-refractivity contribution in [1.29, 1.82) is 0 Å². The second-order valence-electron chi connectivity index (χ2n) is 7.70. The van der Waals surface area contributed by atoms with Crippen LogP contribution >= 0.6 is 0 Å². The van der Waals surface area contributed by atoms with Crippen molar-refractivity contribution >= 4 is 10.0 Å². The Morgan fingerprint density at radius 2 is 1.48 bits per heavy atom. The molecule has 0 unspecified atom stereocenters. The maximum Gasteiger partial charge on any atom is 0.241 e. The zero-order valence-corrected chi connectivity index (χ0v) is 18.0. The van der Waals surface area contributed by atoms with Crippen molar-refractivity contribution in [3.63, 3.8) is 0 Å². The molecule has 0 aliphatic rings. The predicted octanol–water partition coefficient (Wildman–Crippen LogP) is 4.10. The number of nitrogens with one attached hydrogen (secondary N) is 1. The van der Waals surface area contributed by atoms with Crippen molar-refractivity contribution < 1.29 is 17.9 Å². The van der Waals surface area contributed by atoms with E-state index in [4.69, 9.17) is 9.47 Å². The molecule has 0 aliphatic carbocycles. The van der Waals surface area contributed by atoms with E-state index in [1.807, 2.05) is 32.0 Å². The minimum Gasteiger partial charge on any atom is -0.493 e. The maximum atomic E-state index is 12.9. The van der Waals surface area contributed by atoms with E-state index < -0.39 is 10.0 Å². The van der Waals surface area contributed by atoms with Gasteiger partial charge in [-0.3, -0.25) is 0 Å². The summed E-state index contributed by atoms with van der Waals surface area (Å²) in [5.74, 6) is 1.17. The SMILES string of the molecule is COc1ccc(CNS(=O)(=O)c2c(C)cc(C(C)(C)C)cc2C)cc1OC. The third-order valence-corrected chi connectivity index (χ3v) is 6.22. The molecule has 0 bridgehead atoms. The Kier molecular flexibility index (Phi) is 6.22. The summed E-state index contributed by atoms with van der Waals surface area (Å²) < 4.78 is 39.0. The van der Waals surface area contributed by atoms with Crippen molar-refractivity contribution in [2.75, 3.05) is 14.2 Å². The Bertz CT molecular complexity index is 905. The van der Waals surface area contributed by atoms with Gasteiger partial charge in [0, 0.05) is 6.54 Å². The highest BCUT2D eigenvalue weighted by atomic mass is 32.2. The van der Waals surface area contributed by atoms with E-state index in [1.54, 1.807) is 26.4 Å². The van der Waals surface area contributed by atoms with E-state index in [0.29, 0.717) is 16.4 Å². The van der Waals surface area contributed by atoms with Crippen LogP contribution in [0.3, 0.4) is 0 Å². The molecule has 0 saturated heterocycles. The van der Waals surface area contributed by atoms with Gasteiger partial charge in [-0.25, -0.2) is 13.1 Å². The first-order valence-electron chi connectivity index (χ1n) is 8.82. The van der Waals surface area contributed by atoms with Gasteiger partial charge in [-0.05, 0) is 53.6 Å². The van der Waals surface area contributed by atoms with Crippen LogP contribution in [0.25, 0.3) is 0 Å². The van der Waals surface area contributed by atoms with Crippen LogP contribution in [0.15, 0.2) is 35.2 Å². The maximum absolute atomic E-state index is 12.9. The molecule has 0 fully saturated rings. The number of rotatable bonds is 6. The number of hydrogen-bond acceptors (Lipinski definition) is 4. The second-order valence-corrected chi connectivity index (χ2v) is 9.41. The Balaban J connectivity index is 2.30. The molecule has 0 amide bonds. The van der Waals surface area contributed by atoms with Crippen LogP contribution in [0.1, 0.15) is 43.0 Å². The van der Waals surface area contributed by atoms with Gasteiger partial charge >= 0.3 is 0 Å². The number of methoxy groups -OCH3 is 2. The van der Waals surface area contributed by atoms with Crippen LogP contribution in [-0.4, -0.2) is 22.6 Å². The lowest BCUT2D eigenvalue weighted by molar-refractivity contribution is 0.354. The Morgan fingerprint density at radius 3 is 1.96 bits per heavy atom. The minimum atomic E-state index is -3.64. The second kappa shape index (κ2) is 7.90. The highest BCUT2D eigenvalue weighted by Gasteiger charge is 2.23. The molecule has 0 spiro atoms. The van der Waals surface area contributed by atoms with Crippen LogP contribution in [0.5, 0.6) is 11.5 Å². The highest BCUT2D eigenvalue weighted by Crippen LogP contribution is 2.30. The number of sulfonamides is 1. The molecule has 6 heteroatoms. The van der Waals surface area contributed by atoms with E-state index in [2.05, 4.69) is 25.5 Å². The smallest absolute Gasteiger partial charge is 0.241 e. The summed E-state index contributed by atoms with van der Waals surface area (Å²) in [7, 11) is -0.526. The zero-order chi connectivity index (χ0) is 20.4. The topological polar surface area (TPSA) is 64.6 Å². The van der Waals surface area contributed by atoms with E-state index in [1.165, 1.54) is 0 Å². The van der Waals surface area contributed by atoms with Gasteiger partial charge in [0.25, 0.3) is 0 Å². The lowest BCUT2D eigenvalue weighted by atomic mass is 9.85. The summed E-state index contributed by atoms with van der Waals surface area (Å²) >= 11 is 0. The third kappa shape index (κ3) is 4.82. The molecule has 0 saturated carbocycles. The molecule has 2 aromatic rings. The lowest BCUT2D eigenvalue weighted by Gasteiger charge is -2.22. The summed E-state index contributed by atoms with van der Waals surface area (Å²) in [4.78, 5) is 0.343. The Morgan fingerprint density at radius 1 is 0.926 bits per heavy atom. The predicted molar refractivity (Wildman–Crippen MR) is 108 cm³/mol. The zero-order valence-electron chi connectivity index (χ0n) is 17.1. The number of benzene rings is 2.